The smallest absolute Gasteiger partial charge is 0.212 e. The van der Waals surface area contributed by atoms with Crippen LogP contribution in [-0.4, -0.2) is 17.9 Å². The van der Waals surface area contributed by atoms with Crippen LogP contribution in [0, 0.1) is 0 Å². The Morgan fingerprint density at radius 3 is 2.83 bits per heavy atom. The summed E-state index contributed by atoms with van der Waals surface area (Å²) in [6, 6.07) is 5.72. The van der Waals surface area contributed by atoms with Crippen molar-refractivity contribution in [3.63, 3.8) is 0 Å². The highest BCUT2D eigenvalue weighted by Gasteiger charge is 2.05. The van der Waals surface area contributed by atoms with Gasteiger partial charge in [-0.2, -0.15) is 11.3 Å². The molecular weight excluding hydrogens is 246 g/mol. The topological polar surface area (TPSA) is 39.2 Å². The van der Waals surface area contributed by atoms with E-state index in [1.807, 2.05) is 11.4 Å². The summed E-state index contributed by atoms with van der Waals surface area (Å²) in [7, 11) is 1.58. The molecule has 0 aromatic carbocycles. The van der Waals surface area contributed by atoms with E-state index in [0.29, 0.717) is 18.7 Å². The van der Waals surface area contributed by atoms with E-state index in [1.165, 1.54) is 5.56 Å². The van der Waals surface area contributed by atoms with E-state index in [1.54, 1.807) is 30.7 Å². The Morgan fingerprint density at radius 1 is 1.33 bits per heavy atom. The number of aromatic nitrogens is 1. The maximum absolute atomic E-state index is 11.8. The predicted molar refractivity (Wildman–Crippen MR) is 72.1 cm³/mol. The second-order valence-corrected chi connectivity index (χ2v) is 4.84. The van der Waals surface area contributed by atoms with Gasteiger partial charge in [0.15, 0.2) is 0 Å². The van der Waals surface area contributed by atoms with Gasteiger partial charge in [0.25, 0.3) is 0 Å². The molecule has 0 saturated heterocycles. The van der Waals surface area contributed by atoms with E-state index in [2.05, 4.69) is 16.4 Å². The number of ether oxygens (including phenoxy) is 1. The minimum Gasteiger partial charge on any atom is -0.481 e. The van der Waals surface area contributed by atoms with E-state index in [0.717, 1.165) is 12.0 Å². The Morgan fingerprint density at radius 2 is 2.22 bits per heavy atom. The molecule has 0 unspecified atom stereocenters. The number of nitrogens with zero attached hydrogens (tertiary/aromatic N) is 1. The van der Waals surface area contributed by atoms with Gasteiger partial charge in [0.2, 0.25) is 5.88 Å². The summed E-state index contributed by atoms with van der Waals surface area (Å²) in [5.74, 6) is 0.817. The van der Waals surface area contributed by atoms with Gasteiger partial charge >= 0.3 is 0 Å². The summed E-state index contributed by atoms with van der Waals surface area (Å²) in [6.07, 6.45) is 3.55. The van der Waals surface area contributed by atoms with Crippen LogP contribution >= 0.6 is 11.3 Å². The molecule has 4 heteroatoms. The number of ketones is 1. The molecule has 0 saturated carbocycles. The predicted octanol–water partition coefficient (Wildman–Crippen LogP) is 2.90. The van der Waals surface area contributed by atoms with Crippen LogP contribution < -0.4 is 4.74 Å². The van der Waals surface area contributed by atoms with Crippen molar-refractivity contribution in [2.24, 2.45) is 0 Å². The standard InChI is InChI=1S/C14H15NO2S/c1-17-14-5-3-12(9-15-14)8-13(16)4-2-11-6-7-18-10-11/h3,5-7,9-10H,2,4,8H2,1H3. The van der Waals surface area contributed by atoms with Gasteiger partial charge in [-0.25, -0.2) is 4.98 Å². The van der Waals surface area contributed by atoms with Crippen molar-refractivity contribution in [1.82, 2.24) is 4.98 Å². The molecule has 2 aromatic heterocycles. The first-order valence-electron chi connectivity index (χ1n) is 5.79. The molecule has 0 radical (unpaired) electrons. The van der Waals surface area contributed by atoms with Gasteiger partial charge in [-0.15, -0.1) is 0 Å². The average molecular weight is 261 g/mol. The first-order valence-corrected chi connectivity index (χ1v) is 6.74. The maximum Gasteiger partial charge on any atom is 0.212 e. The summed E-state index contributed by atoms with van der Waals surface area (Å²) in [6.45, 7) is 0. The fourth-order valence-electron chi connectivity index (χ4n) is 1.67. The van der Waals surface area contributed by atoms with Crippen molar-refractivity contribution in [2.45, 2.75) is 19.3 Å². The molecule has 0 fully saturated rings. The van der Waals surface area contributed by atoms with Crippen LogP contribution in [0.3, 0.4) is 0 Å². The molecule has 0 amide bonds. The van der Waals surface area contributed by atoms with Gasteiger partial charge in [0, 0.05) is 25.1 Å². The van der Waals surface area contributed by atoms with Gasteiger partial charge < -0.3 is 4.74 Å². The lowest BCUT2D eigenvalue weighted by atomic mass is 10.1. The fraction of sp³-hybridized carbons (Fsp3) is 0.286. The number of hydrogen-bond donors (Lipinski definition) is 0. The van der Waals surface area contributed by atoms with E-state index in [4.69, 9.17) is 4.74 Å². The Hall–Kier alpha value is -1.68. The third-order valence-corrected chi connectivity index (χ3v) is 3.41. The lowest BCUT2D eigenvalue weighted by Gasteiger charge is -2.02. The third-order valence-electron chi connectivity index (χ3n) is 2.68. The average Bonchev–Trinajstić information content (AvgIpc) is 2.90. The number of pyridine rings is 1. The van der Waals surface area contributed by atoms with E-state index in [9.17, 15) is 4.79 Å². The minimum atomic E-state index is 0.244. The Labute approximate surface area is 110 Å². The zero-order valence-electron chi connectivity index (χ0n) is 10.3. The Balaban J connectivity index is 1.83. The quantitative estimate of drug-likeness (QED) is 0.802. The van der Waals surface area contributed by atoms with Gasteiger partial charge in [-0.05, 0) is 34.4 Å². The maximum atomic E-state index is 11.8. The highest BCUT2D eigenvalue weighted by atomic mass is 32.1. The van der Waals surface area contributed by atoms with Crippen LogP contribution in [0.1, 0.15) is 17.5 Å². The number of thiophene rings is 1. The Bertz CT molecular complexity index is 491. The van der Waals surface area contributed by atoms with Crippen molar-refractivity contribution in [2.75, 3.05) is 7.11 Å². The summed E-state index contributed by atoms with van der Waals surface area (Å²) < 4.78 is 4.98. The molecule has 0 aliphatic heterocycles. The number of rotatable bonds is 6. The number of Topliss-reactive ketones (excluding diaryl/α,β-unsaturated/α-hetero) is 1. The molecule has 0 spiro atoms. The van der Waals surface area contributed by atoms with Crippen molar-refractivity contribution in [1.29, 1.82) is 0 Å². The summed E-state index contributed by atoms with van der Waals surface area (Å²) in [4.78, 5) is 15.9. The molecule has 0 atom stereocenters. The minimum absolute atomic E-state index is 0.244. The summed E-state index contributed by atoms with van der Waals surface area (Å²) >= 11 is 1.66. The van der Waals surface area contributed by atoms with Gasteiger partial charge in [-0.3, -0.25) is 4.79 Å². The molecular formula is C14H15NO2S. The van der Waals surface area contributed by atoms with Crippen LogP contribution in [-0.2, 0) is 17.6 Å². The molecule has 0 N–H and O–H groups in total. The van der Waals surface area contributed by atoms with Gasteiger partial charge in [0.05, 0.1) is 7.11 Å². The largest absolute Gasteiger partial charge is 0.481 e. The molecule has 0 aliphatic rings. The zero-order chi connectivity index (χ0) is 12.8. The van der Waals surface area contributed by atoms with E-state index < -0.39 is 0 Å². The number of aryl methyl sites for hydroxylation is 1. The number of methoxy groups -OCH3 is 1. The molecule has 18 heavy (non-hydrogen) atoms. The second kappa shape index (κ2) is 6.31. The first kappa shape index (κ1) is 12.8. The summed E-state index contributed by atoms with van der Waals surface area (Å²) in [5.41, 5.74) is 2.17. The van der Waals surface area contributed by atoms with E-state index >= 15 is 0 Å². The molecule has 2 rings (SSSR count). The van der Waals surface area contributed by atoms with Gasteiger partial charge in [0.1, 0.15) is 5.78 Å². The molecule has 0 aliphatic carbocycles. The highest BCUT2D eigenvalue weighted by Crippen LogP contribution is 2.11. The molecule has 94 valence electrons. The van der Waals surface area contributed by atoms with Crippen molar-refractivity contribution >= 4 is 17.1 Å². The SMILES string of the molecule is COc1ccc(CC(=O)CCc2ccsc2)cn1. The van der Waals surface area contributed by atoms with Crippen molar-refractivity contribution in [3.8, 4) is 5.88 Å². The fourth-order valence-corrected chi connectivity index (χ4v) is 2.37. The Kier molecular flexibility index (Phi) is 4.47. The molecule has 2 aromatic rings. The number of carbonyl (C=O) groups excluding carboxylic acids is 1. The lowest BCUT2D eigenvalue weighted by Crippen LogP contribution is -2.04. The molecule has 2 heterocycles. The number of carbonyl (C=O) groups is 1. The third kappa shape index (κ3) is 3.67. The lowest BCUT2D eigenvalue weighted by molar-refractivity contribution is -0.118. The highest BCUT2D eigenvalue weighted by molar-refractivity contribution is 7.07. The van der Waals surface area contributed by atoms with Crippen LogP contribution in [0.4, 0.5) is 0 Å². The van der Waals surface area contributed by atoms with E-state index in [-0.39, 0.29) is 5.78 Å². The molecule has 0 bridgehead atoms. The van der Waals surface area contributed by atoms with Crippen LogP contribution in [0.25, 0.3) is 0 Å². The van der Waals surface area contributed by atoms with Crippen LogP contribution in [0.2, 0.25) is 0 Å². The monoisotopic (exact) mass is 261 g/mol. The summed E-state index contributed by atoms with van der Waals surface area (Å²) in [5, 5.41) is 4.12. The normalized spacial score (nSPS) is 10.3. The second-order valence-electron chi connectivity index (χ2n) is 4.06. The van der Waals surface area contributed by atoms with Crippen molar-refractivity contribution < 1.29 is 9.53 Å². The number of hydrogen-bond acceptors (Lipinski definition) is 4. The van der Waals surface area contributed by atoms with Crippen LogP contribution in [0.15, 0.2) is 35.2 Å². The van der Waals surface area contributed by atoms with Crippen molar-refractivity contribution in [3.05, 3.63) is 46.3 Å². The van der Waals surface area contributed by atoms with Gasteiger partial charge in [-0.1, -0.05) is 6.07 Å². The zero-order valence-corrected chi connectivity index (χ0v) is 11.1. The molecule has 3 nitrogen and oxygen atoms in total. The van der Waals surface area contributed by atoms with Crippen LogP contribution in [0.5, 0.6) is 5.88 Å². The first-order chi connectivity index (χ1) is 8.78.